The van der Waals surface area contributed by atoms with Crippen LogP contribution in [0.1, 0.15) is 5.56 Å². The summed E-state index contributed by atoms with van der Waals surface area (Å²) in [4.78, 5) is 0. The van der Waals surface area contributed by atoms with Crippen molar-refractivity contribution < 1.29 is 8.78 Å². The molecule has 20 heavy (non-hydrogen) atoms. The van der Waals surface area contributed by atoms with Gasteiger partial charge in [0.2, 0.25) is 0 Å². The molecule has 0 fully saturated rings. The van der Waals surface area contributed by atoms with E-state index in [0.717, 1.165) is 6.07 Å². The lowest BCUT2D eigenvalue weighted by atomic mass is 10.2. The molecule has 0 aromatic heterocycles. The van der Waals surface area contributed by atoms with E-state index in [1.807, 2.05) is 0 Å². The lowest BCUT2D eigenvalue weighted by Crippen LogP contribution is -1.99. The minimum atomic E-state index is -1.23. The van der Waals surface area contributed by atoms with E-state index in [2.05, 4.69) is 5.32 Å². The molecule has 0 aliphatic carbocycles. The van der Waals surface area contributed by atoms with Crippen LogP contribution in [0.25, 0.3) is 0 Å². The van der Waals surface area contributed by atoms with Gasteiger partial charge in [-0.05, 0) is 24.3 Å². The highest BCUT2D eigenvalue weighted by Gasteiger charge is 2.15. The first-order valence-electron chi connectivity index (χ1n) is 5.23. The zero-order chi connectivity index (χ0) is 14.9. The number of halogens is 5. The first-order valence-corrected chi connectivity index (χ1v) is 6.37. The summed E-state index contributed by atoms with van der Waals surface area (Å²) >= 11 is 17.5. The van der Waals surface area contributed by atoms with Gasteiger partial charge in [0.05, 0.1) is 32.0 Å². The number of anilines is 2. The highest BCUT2D eigenvalue weighted by Crippen LogP contribution is 2.34. The maximum absolute atomic E-state index is 13.8. The summed E-state index contributed by atoms with van der Waals surface area (Å²) in [6.45, 7) is 0. The van der Waals surface area contributed by atoms with Crippen molar-refractivity contribution in [3.8, 4) is 6.07 Å². The molecule has 0 amide bonds. The minimum Gasteiger partial charge on any atom is -0.352 e. The van der Waals surface area contributed by atoms with E-state index < -0.39 is 11.6 Å². The van der Waals surface area contributed by atoms with Crippen molar-refractivity contribution in [3.05, 3.63) is 56.5 Å². The molecule has 0 saturated heterocycles. The Hall–Kier alpha value is -1.54. The second-order valence-electron chi connectivity index (χ2n) is 3.77. The number of hydrogen-bond acceptors (Lipinski definition) is 2. The van der Waals surface area contributed by atoms with Gasteiger partial charge >= 0.3 is 0 Å². The fraction of sp³-hybridized carbons (Fsp3) is 0. The van der Waals surface area contributed by atoms with E-state index >= 15 is 0 Å². The third-order valence-corrected chi connectivity index (χ3v) is 3.52. The van der Waals surface area contributed by atoms with Crippen molar-refractivity contribution in [1.82, 2.24) is 0 Å². The standard InChI is InChI=1S/C13H5Cl3F2N2/c14-7-3-9(16)11(4-8(7)15)20-10-2-1-6(5-19)12(17)13(10)18/h1-4,20H. The molecule has 2 aromatic carbocycles. The van der Waals surface area contributed by atoms with Crippen molar-refractivity contribution in [2.75, 3.05) is 5.32 Å². The third-order valence-electron chi connectivity index (χ3n) is 2.48. The molecule has 1 N–H and O–H groups in total. The van der Waals surface area contributed by atoms with Gasteiger partial charge in [-0.25, -0.2) is 8.78 Å². The highest BCUT2D eigenvalue weighted by atomic mass is 35.5. The Balaban J connectivity index is 2.44. The molecule has 0 radical (unpaired) electrons. The Kier molecular flexibility index (Phi) is 4.34. The monoisotopic (exact) mass is 332 g/mol. The number of nitriles is 1. The van der Waals surface area contributed by atoms with Gasteiger partial charge in [-0.15, -0.1) is 0 Å². The Morgan fingerprint density at radius 3 is 2.20 bits per heavy atom. The normalized spacial score (nSPS) is 10.2. The number of nitrogens with one attached hydrogen (secondary N) is 1. The predicted molar refractivity (Wildman–Crippen MR) is 75.8 cm³/mol. The van der Waals surface area contributed by atoms with Gasteiger partial charge in [0, 0.05) is 0 Å². The van der Waals surface area contributed by atoms with Crippen LogP contribution < -0.4 is 5.32 Å². The van der Waals surface area contributed by atoms with Gasteiger partial charge in [-0.3, -0.25) is 0 Å². The van der Waals surface area contributed by atoms with Gasteiger partial charge in [0.25, 0.3) is 0 Å². The van der Waals surface area contributed by atoms with Crippen molar-refractivity contribution in [1.29, 1.82) is 5.26 Å². The van der Waals surface area contributed by atoms with Crippen LogP contribution in [0, 0.1) is 23.0 Å². The Labute approximate surface area is 128 Å². The predicted octanol–water partition coefficient (Wildman–Crippen LogP) is 5.54. The van der Waals surface area contributed by atoms with Gasteiger partial charge in [0.15, 0.2) is 11.6 Å². The Bertz CT molecular complexity index is 727. The van der Waals surface area contributed by atoms with Crippen molar-refractivity contribution in [3.63, 3.8) is 0 Å². The minimum absolute atomic E-state index is 0.165. The summed E-state index contributed by atoms with van der Waals surface area (Å²) in [6.07, 6.45) is 0. The van der Waals surface area contributed by atoms with Crippen LogP contribution in [0.2, 0.25) is 15.1 Å². The highest BCUT2D eigenvalue weighted by molar-refractivity contribution is 6.44. The first kappa shape index (κ1) is 14.9. The summed E-state index contributed by atoms with van der Waals surface area (Å²) in [5.74, 6) is -2.40. The van der Waals surface area contributed by atoms with E-state index in [1.54, 1.807) is 6.07 Å². The van der Waals surface area contributed by atoms with Crippen LogP contribution in [0.15, 0.2) is 24.3 Å². The number of nitrogens with zero attached hydrogens (tertiary/aromatic N) is 1. The van der Waals surface area contributed by atoms with Crippen LogP contribution in [0.4, 0.5) is 20.2 Å². The van der Waals surface area contributed by atoms with Gasteiger partial charge in [-0.1, -0.05) is 34.8 Å². The molecular weight excluding hydrogens is 329 g/mol. The number of hydrogen-bond donors (Lipinski definition) is 1. The fourth-order valence-electron chi connectivity index (χ4n) is 1.50. The first-order chi connectivity index (χ1) is 9.43. The average molecular weight is 334 g/mol. The molecule has 7 heteroatoms. The van der Waals surface area contributed by atoms with Crippen LogP contribution in [0.5, 0.6) is 0 Å². The lowest BCUT2D eigenvalue weighted by molar-refractivity contribution is 0.509. The lowest BCUT2D eigenvalue weighted by Gasteiger charge is -2.11. The maximum Gasteiger partial charge on any atom is 0.183 e. The van der Waals surface area contributed by atoms with Gasteiger partial charge < -0.3 is 5.32 Å². The molecule has 2 rings (SSSR count). The second-order valence-corrected chi connectivity index (χ2v) is 4.99. The SMILES string of the molecule is N#Cc1ccc(Nc2cc(Cl)c(Cl)cc2Cl)c(F)c1F. The van der Waals surface area contributed by atoms with E-state index in [-0.39, 0.29) is 32.0 Å². The summed E-state index contributed by atoms with van der Waals surface area (Å²) in [7, 11) is 0. The smallest absolute Gasteiger partial charge is 0.183 e. The molecule has 0 aliphatic heterocycles. The van der Waals surface area contributed by atoms with E-state index in [4.69, 9.17) is 40.1 Å². The molecule has 0 aliphatic rings. The molecular formula is C13H5Cl3F2N2. The maximum atomic E-state index is 13.8. The van der Waals surface area contributed by atoms with Crippen LogP contribution in [-0.4, -0.2) is 0 Å². The van der Waals surface area contributed by atoms with E-state index in [1.165, 1.54) is 18.2 Å². The largest absolute Gasteiger partial charge is 0.352 e. The van der Waals surface area contributed by atoms with E-state index in [0.29, 0.717) is 0 Å². The number of rotatable bonds is 2. The van der Waals surface area contributed by atoms with Crippen molar-refractivity contribution >= 4 is 46.2 Å². The van der Waals surface area contributed by atoms with Crippen LogP contribution in [-0.2, 0) is 0 Å². The molecule has 2 nitrogen and oxygen atoms in total. The topological polar surface area (TPSA) is 35.8 Å². The second kappa shape index (κ2) is 5.84. The molecule has 0 atom stereocenters. The summed E-state index contributed by atoms with van der Waals surface area (Å²) in [5.41, 5.74) is -0.279. The third kappa shape index (κ3) is 2.80. The van der Waals surface area contributed by atoms with E-state index in [9.17, 15) is 8.78 Å². The zero-order valence-electron chi connectivity index (χ0n) is 9.65. The molecule has 102 valence electrons. The summed E-state index contributed by atoms with van der Waals surface area (Å²) < 4.78 is 27.2. The fourth-order valence-corrected chi connectivity index (χ4v) is 2.09. The number of benzene rings is 2. The molecule has 0 unspecified atom stereocenters. The van der Waals surface area contributed by atoms with Crippen molar-refractivity contribution in [2.45, 2.75) is 0 Å². The molecule has 0 spiro atoms. The quantitative estimate of drug-likeness (QED) is 0.732. The molecule has 2 aromatic rings. The van der Waals surface area contributed by atoms with Crippen molar-refractivity contribution in [2.24, 2.45) is 0 Å². The van der Waals surface area contributed by atoms with Gasteiger partial charge in [-0.2, -0.15) is 5.26 Å². The zero-order valence-corrected chi connectivity index (χ0v) is 11.9. The Morgan fingerprint density at radius 1 is 0.900 bits per heavy atom. The summed E-state index contributed by atoms with van der Waals surface area (Å²) in [5, 5.41) is 11.9. The summed E-state index contributed by atoms with van der Waals surface area (Å²) in [6, 6.07) is 6.71. The average Bonchev–Trinajstić information content (AvgIpc) is 2.41. The van der Waals surface area contributed by atoms with Gasteiger partial charge in [0.1, 0.15) is 6.07 Å². The van der Waals surface area contributed by atoms with Crippen LogP contribution in [0.3, 0.4) is 0 Å². The Morgan fingerprint density at radius 2 is 1.55 bits per heavy atom. The molecule has 0 bridgehead atoms. The van der Waals surface area contributed by atoms with Crippen LogP contribution >= 0.6 is 34.8 Å². The molecule has 0 saturated carbocycles. The molecule has 0 heterocycles.